The number of aromatic hydroxyl groups is 1. The van der Waals surface area contributed by atoms with Gasteiger partial charge in [-0.2, -0.15) is 0 Å². The first-order chi connectivity index (χ1) is 18.0. The molecule has 0 aliphatic rings. The lowest BCUT2D eigenvalue weighted by atomic mass is 9.99. The third-order valence-corrected chi connectivity index (χ3v) is 7.76. The van der Waals surface area contributed by atoms with Crippen molar-refractivity contribution < 1.29 is 14.6 Å². The van der Waals surface area contributed by atoms with Crippen molar-refractivity contribution in [1.29, 1.82) is 0 Å². The number of phenolic OH excluding ortho intramolecular Hbond substituents is 1. The summed E-state index contributed by atoms with van der Waals surface area (Å²) in [5.41, 5.74) is 4.60. The van der Waals surface area contributed by atoms with Gasteiger partial charge in [0.05, 0.1) is 22.5 Å². The predicted octanol–water partition coefficient (Wildman–Crippen LogP) is 8.79. The molecule has 5 rings (SSSR count). The second-order valence-electron chi connectivity index (χ2n) is 8.05. The van der Waals surface area contributed by atoms with Crippen LogP contribution in [0.1, 0.15) is 22.2 Å². The van der Waals surface area contributed by atoms with Crippen LogP contribution in [-0.4, -0.2) is 28.9 Å². The van der Waals surface area contributed by atoms with Crippen LogP contribution < -0.4 is 0 Å². The molecule has 3 aromatic carbocycles. The van der Waals surface area contributed by atoms with Crippen LogP contribution in [0.3, 0.4) is 0 Å². The first-order valence-corrected chi connectivity index (χ1v) is 13.8. The molecule has 0 unspecified atom stereocenters. The van der Waals surface area contributed by atoms with Crippen molar-refractivity contribution in [2.24, 2.45) is 4.99 Å². The van der Waals surface area contributed by atoms with Crippen LogP contribution in [0.2, 0.25) is 0 Å². The molecule has 0 saturated heterocycles. The quantitative estimate of drug-likeness (QED) is 0.149. The molecule has 37 heavy (non-hydrogen) atoms. The van der Waals surface area contributed by atoms with E-state index in [4.69, 9.17) is 14.7 Å². The van der Waals surface area contributed by atoms with E-state index < -0.39 is 5.97 Å². The van der Waals surface area contributed by atoms with Gasteiger partial charge < -0.3 is 9.84 Å². The van der Waals surface area contributed by atoms with Crippen molar-refractivity contribution in [3.8, 4) is 28.1 Å². The van der Waals surface area contributed by atoms with E-state index in [0.717, 1.165) is 32.2 Å². The number of aliphatic imine (C=N–C) groups is 1. The van der Waals surface area contributed by atoms with Gasteiger partial charge in [-0.25, -0.2) is 9.78 Å². The van der Waals surface area contributed by atoms with Crippen LogP contribution >= 0.6 is 43.2 Å². The van der Waals surface area contributed by atoms with Gasteiger partial charge in [-0.05, 0) is 52.2 Å². The number of esters is 1. The Morgan fingerprint density at radius 3 is 2.38 bits per heavy atom. The monoisotopic (exact) mass is 634 g/mol. The Kier molecular flexibility index (Phi) is 7.50. The topological polar surface area (TPSA) is 71.8 Å². The van der Waals surface area contributed by atoms with Crippen molar-refractivity contribution in [2.75, 3.05) is 6.61 Å². The molecule has 0 bridgehead atoms. The highest BCUT2D eigenvalue weighted by Crippen LogP contribution is 2.44. The Labute approximate surface area is 234 Å². The van der Waals surface area contributed by atoms with E-state index in [1.54, 1.807) is 25.3 Å². The van der Waals surface area contributed by atoms with Crippen molar-refractivity contribution in [1.82, 2.24) is 4.98 Å². The number of thiophene rings is 1. The van der Waals surface area contributed by atoms with E-state index in [1.165, 1.54) is 11.3 Å². The molecule has 0 fully saturated rings. The Bertz CT molecular complexity index is 1630. The highest BCUT2D eigenvalue weighted by molar-refractivity contribution is 9.11. The third-order valence-electron chi connectivity index (χ3n) is 5.64. The summed E-state index contributed by atoms with van der Waals surface area (Å²) in [4.78, 5) is 23.8. The Balaban J connectivity index is 1.80. The highest BCUT2D eigenvalue weighted by Gasteiger charge is 2.24. The number of hydrogen-bond donors (Lipinski definition) is 1. The number of benzene rings is 3. The average Bonchev–Trinajstić information content (AvgIpc) is 3.29. The molecule has 0 radical (unpaired) electrons. The van der Waals surface area contributed by atoms with E-state index in [-0.39, 0.29) is 12.4 Å². The average molecular weight is 636 g/mol. The van der Waals surface area contributed by atoms with Crippen LogP contribution in [0.5, 0.6) is 5.75 Å². The van der Waals surface area contributed by atoms with Gasteiger partial charge in [-0.15, -0.1) is 11.3 Å². The number of halogens is 2. The minimum absolute atomic E-state index is 0.0527. The maximum absolute atomic E-state index is 13.0. The molecule has 0 saturated carbocycles. The zero-order valence-electron chi connectivity index (χ0n) is 19.6. The third kappa shape index (κ3) is 5.23. The van der Waals surface area contributed by atoms with Crippen molar-refractivity contribution >= 4 is 71.3 Å². The molecule has 0 atom stereocenters. The van der Waals surface area contributed by atoms with Gasteiger partial charge in [0.15, 0.2) is 0 Å². The largest absolute Gasteiger partial charge is 0.506 e. The summed E-state index contributed by atoms with van der Waals surface area (Å²) < 4.78 is 6.69. The van der Waals surface area contributed by atoms with Gasteiger partial charge in [-0.3, -0.25) is 4.99 Å². The number of carbonyl (C=O) groups is 1. The SMILES string of the molecule is CCOC(=O)c1sc2nc(-c3ccccc3)cc(-c3ccccc3)c2c1N=Cc1cc(Br)cc(Br)c1O. The number of hydrogen-bond acceptors (Lipinski definition) is 6. The second kappa shape index (κ2) is 11.0. The fraction of sp³-hybridized carbons (Fsp3) is 0.0690. The van der Waals surface area contributed by atoms with Crippen LogP contribution in [0, 0.1) is 0 Å². The minimum atomic E-state index is -0.461. The lowest BCUT2D eigenvalue weighted by Gasteiger charge is -2.09. The molecule has 0 spiro atoms. The summed E-state index contributed by atoms with van der Waals surface area (Å²) in [6.07, 6.45) is 1.55. The highest BCUT2D eigenvalue weighted by atomic mass is 79.9. The van der Waals surface area contributed by atoms with Crippen LogP contribution in [0.15, 0.2) is 92.8 Å². The Hall–Kier alpha value is -3.33. The number of rotatable bonds is 6. The Morgan fingerprint density at radius 1 is 1.03 bits per heavy atom. The maximum atomic E-state index is 13.0. The molecule has 1 N–H and O–H groups in total. The second-order valence-corrected chi connectivity index (χ2v) is 10.8. The summed E-state index contributed by atoms with van der Waals surface area (Å²) >= 11 is 8.07. The first-order valence-electron chi connectivity index (χ1n) is 11.4. The molecule has 0 amide bonds. The normalized spacial score (nSPS) is 11.3. The first kappa shape index (κ1) is 25.3. The summed E-state index contributed by atoms with van der Waals surface area (Å²) in [7, 11) is 0. The maximum Gasteiger partial charge on any atom is 0.350 e. The fourth-order valence-electron chi connectivity index (χ4n) is 3.96. The number of carbonyl (C=O) groups excluding carboxylic acids is 1. The lowest BCUT2D eigenvalue weighted by molar-refractivity contribution is 0.0533. The van der Waals surface area contributed by atoms with Crippen molar-refractivity contribution in [2.45, 2.75) is 6.92 Å². The minimum Gasteiger partial charge on any atom is -0.506 e. The summed E-state index contributed by atoms with van der Waals surface area (Å²) in [5.74, 6) is -0.408. The number of nitrogens with zero attached hydrogens (tertiary/aromatic N) is 2. The molecule has 8 heteroatoms. The molecule has 0 aliphatic heterocycles. The van der Waals surface area contributed by atoms with Gasteiger partial charge in [0, 0.05) is 27.2 Å². The fourth-order valence-corrected chi connectivity index (χ4v) is 6.26. The van der Waals surface area contributed by atoms with E-state index in [1.807, 2.05) is 66.7 Å². The number of aromatic nitrogens is 1. The van der Waals surface area contributed by atoms with Gasteiger partial charge in [-0.1, -0.05) is 76.6 Å². The summed E-state index contributed by atoms with van der Waals surface area (Å²) in [6.45, 7) is 2.01. The van der Waals surface area contributed by atoms with E-state index >= 15 is 0 Å². The van der Waals surface area contributed by atoms with E-state index in [9.17, 15) is 9.90 Å². The standard InChI is InChI=1S/C29H20Br2N2O3S/c1-2-36-29(35)27-25(32-16-19-13-20(30)14-22(31)26(19)34)24-21(17-9-5-3-6-10-17)15-23(33-28(24)37-27)18-11-7-4-8-12-18/h3-16,34H,2H2,1H3. The van der Waals surface area contributed by atoms with Crippen molar-refractivity contribution in [3.63, 3.8) is 0 Å². The van der Waals surface area contributed by atoms with Crippen LogP contribution in [0.25, 0.3) is 32.6 Å². The van der Waals surface area contributed by atoms with E-state index in [2.05, 4.69) is 31.9 Å². The van der Waals surface area contributed by atoms with E-state index in [0.29, 0.717) is 25.4 Å². The molecule has 0 aliphatic carbocycles. The van der Waals surface area contributed by atoms with Crippen LogP contribution in [-0.2, 0) is 4.74 Å². The number of pyridine rings is 1. The Morgan fingerprint density at radius 2 is 1.70 bits per heavy atom. The number of ether oxygens (including phenoxy) is 1. The zero-order chi connectivity index (χ0) is 25.9. The molecular formula is C29H20Br2N2O3S. The van der Waals surface area contributed by atoms with Crippen molar-refractivity contribution in [3.05, 3.63) is 98.2 Å². The summed E-state index contributed by atoms with van der Waals surface area (Å²) in [5, 5.41) is 11.3. The number of phenols is 1. The van der Waals surface area contributed by atoms with Crippen LogP contribution in [0.4, 0.5) is 5.69 Å². The van der Waals surface area contributed by atoms with Gasteiger partial charge in [0.25, 0.3) is 0 Å². The predicted molar refractivity (Wildman–Crippen MR) is 157 cm³/mol. The molecular weight excluding hydrogens is 616 g/mol. The van der Waals surface area contributed by atoms with Gasteiger partial charge >= 0.3 is 5.97 Å². The molecule has 2 aromatic heterocycles. The number of fused-ring (bicyclic) bond motifs is 1. The molecule has 5 aromatic rings. The molecule has 5 nitrogen and oxygen atoms in total. The van der Waals surface area contributed by atoms with Gasteiger partial charge in [0.2, 0.25) is 0 Å². The molecule has 2 heterocycles. The smallest absolute Gasteiger partial charge is 0.350 e. The zero-order valence-corrected chi connectivity index (χ0v) is 23.6. The summed E-state index contributed by atoms with van der Waals surface area (Å²) in [6, 6.07) is 25.4. The lowest BCUT2D eigenvalue weighted by Crippen LogP contribution is -2.02. The van der Waals surface area contributed by atoms with Gasteiger partial charge in [0.1, 0.15) is 15.5 Å². The molecule has 184 valence electrons.